The zero-order valence-corrected chi connectivity index (χ0v) is 18.3. The molecule has 25 heavy (non-hydrogen) atoms. The van der Waals surface area contributed by atoms with E-state index in [0.29, 0.717) is 0 Å². The molecule has 5 nitrogen and oxygen atoms in total. The van der Waals surface area contributed by atoms with E-state index >= 15 is 0 Å². The van der Waals surface area contributed by atoms with Gasteiger partial charge in [0.25, 0.3) is 0 Å². The Labute approximate surface area is 171 Å². The molecule has 0 aliphatic rings. The smallest absolute Gasteiger partial charge is 0.191 e. The quantitative estimate of drug-likeness (QED) is 0.376. The van der Waals surface area contributed by atoms with Gasteiger partial charge in [-0.05, 0) is 32.4 Å². The molecule has 2 rings (SSSR count). The Balaban J connectivity index is 0.00000312. The van der Waals surface area contributed by atoms with Gasteiger partial charge in [-0.1, -0.05) is 41.9 Å². The Kier molecular flexibility index (Phi) is 8.71. The van der Waals surface area contributed by atoms with Gasteiger partial charge in [-0.3, -0.25) is 4.99 Å². The van der Waals surface area contributed by atoms with Crippen molar-refractivity contribution < 1.29 is 4.52 Å². The molecule has 1 heterocycles. The molecule has 1 aromatic heterocycles. The van der Waals surface area contributed by atoms with Gasteiger partial charge in [0.05, 0.1) is 11.7 Å². The maximum Gasteiger partial charge on any atom is 0.191 e. The van der Waals surface area contributed by atoms with E-state index in [1.54, 1.807) is 7.05 Å². The highest BCUT2D eigenvalue weighted by atomic mass is 127. The van der Waals surface area contributed by atoms with Crippen LogP contribution in [0.2, 0.25) is 5.02 Å². The summed E-state index contributed by atoms with van der Waals surface area (Å²) in [4.78, 5) is 4.29. The van der Waals surface area contributed by atoms with E-state index in [9.17, 15) is 0 Å². The van der Waals surface area contributed by atoms with Crippen LogP contribution in [-0.4, -0.2) is 24.7 Å². The molecule has 1 aromatic carbocycles. The van der Waals surface area contributed by atoms with Crippen LogP contribution in [0.25, 0.3) is 0 Å². The molecule has 138 valence electrons. The van der Waals surface area contributed by atoms with E-state index in [4.69, 9.17) is 16.1 Å². The monoisotopic (exact) mass is 476 g/mol. The number of aromatic nitrogens is 1. The Morgan fingerprint density at radius 3 is 2.52 bits per heavy atom. The number of rotatable bonds is 5. The van der Waals surface area contributed by atoms with Crippen LogP contribution in [0.3, 0.4) is 0 Å². The molecule has 0 radical (unpaired) electrons. The summed E-state index contributed by atoms with van der Waals surface area (Å²) in [5, 5.41) is 11.5. The van der Waals surface area contributed by atoms with Gasteiger partial charge >= 0.3 is 0 Å². The standard InChI is InChI=1S/C18H25ClN4O.HI/c1-11(17-13(3)23-24-14(17)4)10-21-18(20-5)22-12(2)15-8-6-7-9-16(15)19;/h6-9,11-12H,10H2,1-5H3,(H2,20,21,22);1H. The summed E-state index contributed by atoms with van der Waals surface area (Å²) in [6.45, 7) is 8.85. The first kappa shape index (κ1) is 21.8. The zero-order chi connectivity index (χ0) is 17.7. The number of guanidine groups is 1. The summed E-state index contributed by atoms with van der Waals surface area (Å²) in [6, 6.07) is 7.87. The Hall–Kier alpha value is -1.28. The van der Waals surface area contributed by atoms with E-state index in [-0.39, 0.29) is 35.9 Å². The first-order valence-electron chi connectivity index (χ1n) is 8.08. The van der Waals surface area contributed by atoms with Gasteiger partial charge in [-0.25, -0.2) is 0 Å². The van der Waals surface area contributed by atoms with Crippen molar-refractivity contribution >= 4 is 41.5 Å². The third kappa shape index (κ3) is 5.60. The van der Waals surface area contributed by atoms with E-state index in [1.165, 1.54) is 0 Å². The summed E-state index contributed by atoms with van der Waals surface area (Å²) < 4.78 is 5.25. The Morgan fingerprint density at radius 2 is 1.96 bits per heavy atom. The Morgan fingerprint density at radius 1 is 1.28 bits per heavy atom. The second-order valence-electron chi connectivity index (χ2n) is 5.98. The lowest BCUT2D eigenvalue weighted by atomic mass is 10.00. The molecule has 2 N–H and O–H groups in total. The summed E-state index contributed by atoms with van der Waals surface area (Å²) >= 11 is 6.26. The van der Waals surface area contributed by atoms with Gasteiger partial charge < -0.3 is 15.2 Å². The lowest BCUT2D eigenvalue weighted by molar-refractivity contribution is 0.391. The number of benzene rings is 1. The molecule has 0 saturated carbocycles. The number of hydrogen-bond donors (Lipinski definition) is 2. The maximum absolute atomic E-state index is 6.26. The first-order chi connectivity index (χ1) is 11.4. The number of nitrogens with one attached hydrogen (secondary N) is 2. The summed E-state index contributed by atoms with van der Waals surface area (Å²) in [6.07, 6.45) is 0. The molecule has 7 heteroatoms. The van der Waals surface area contributed by atoms with Crippen LogP contribution >= 0.6 is 35.6 Å². The highest BCUT2D eigenvalue weighted by Gasteiger charge is 2.17. The lowest BCUT2D eigenvalue weighted by Crippen LogP contribution is -2.40. The molecule has 2 aromatic rings. The third-order valence-corrected chi connectivity index (χ3v) is 4.45. The molecular weight excluding hydrogens is 451 g/mol. The van der Waals surface area contributed by atoms with E-state index < -0.39 is 0 Å². The van der Waals surface area contributed by atoms with Crippen molar-refractivity contribution in [1.82, 2.24) is 15.8 Å². The van der Waals surface area contributed by atoms with Gasteiger partial charge in [-0.15, -0.1) is 24.0 Å². The number of aryl methyl sites for hydroxylation is 2. The minimum atomic E-state index is 0. The highest BCUT2D eigenvalue weighted by Crippen LogP contribution is 2.23. The molecule has 0 aliphatic carbocycles. The fourth-order valence-electron chi connectivity index (χ4n) is 2.85. The summed E-state index contributed by atoms with van der Waals surface area (Å²) in [7, 11) is 1.76. The number of nitrogens with zero attached hydrogens (tertiary/aromatic N) is 2. The Bertz CT molecular complexity index is 697. The second kappa shape index (κ2) is 10.0. The maximum atomic E-state index is 6.26. The highest BCUT2D eigenvalue weighted by molar-refractivity contribution is 14.0. The molecule has 0 fully saturated rings. The van der Waals surface area contributed by atoms with Crippen LogP contribution in [0.15, 0.2) is 33.8 Å². The van der Waals surface area contributed by atoms with Crippen LogP contribution in [0, 0.1) is 13.8 Å². The average Bonchev–Trinajstić information content (AvgIpc) is 2.90. The molecule has 0 bridgehead atoms. The van der Waals surface area contributed by atoms with Crippen LogP contribution < -0.4 is 10.6 Å². The van der Waals surface area contributed by atoms with Gasteiger partial charge in [0.15, 0.2) is 5.96 Å². The molecule has 0 amide bonds. The van der Waals surface area contributed by atoms with Crippen molar-refractivity contribution in [1.29, 1.82) is 0 Å². The average molecular weight is 477 g/mol. The summed E-state index contributed by atoms with van der Waals surface area (Å²) in [5.41, 5.74) is 3.13. The van der Waals surface area contributed by atoms with Crippen molar-refractivity contribution in [3.05, 3.63) is 51.9 Å². The van der Waals surface area contributed by atoms with E-state index in [2.05, 4.69) is 34.6 Å². The largest absolute Gasteiger partial charge is 0.361 e. The number of aliphatic imine (C=N–C) groups is 1. The van der Waals surface area contributed by atoms with Gasteiger partial charge in [0.1, 0.15) is 5.76 Å². The fourth-order valence-corrected chi connectivity index (χ4v) is 3.15. The number of hydrogen-bond acceptors (Lipinski definition) is 3. The molecular formula is C18H26ClIN4O. The molecule has 0 spiro atoms. The van der Waals surface area contributed by atoms with Crippen molar-refractivity contribution in [2.45, 2.75) is 39.7 Å². The zero-order valence-electron chi connectivity index (χ0n) is 15.3. The molecule has 0 saturated heterocycles. The predicted octanol–water partition coefficient (Wildman–Crippen LogP) is 4.59. The van der Waals surface area contributed by atoms with Gasteiger partial charge in [0.2, 0.25) is 0 Å². The minimum Gasteiger partial charge on any atom is -0.361 e. The minimum absolute atomic E-state index is 0. The first-order valence-corrected chi connectivity index (χ1v) is 8.46. The van der Waals surface area contributed by atoms with Gasteiger partial charge in [-0.2, -0.15) is 0 Å². The molecule has 2 unspecified atom stereocenters. The van der Waals surface area contributed by atoms with Crippen molar-refractivity contribution in [2.24, 2.45) is 4.99 Å². The predicted molar refractivity (Wildman–Crippen MR) is 114 cm³/mol. The molecule has 2 atom stereocenters. The summed E-state index contributed by atoms with van der Waals surface area (Å²) in [5.74, 6) is 1.88. The van der Waals surface area contributed by atoms with E-state index in [0.717, 1.165) is 40.1 Å². The van der Waals surface area contributed by atoms with Crippen LogP contribution in [-0.2, 0) is 0 Å². The van der Waals surface area contributed by atoms with Crippen LogP contribution in [0.1, 0.15) is 48.4 Å². The number of halogens is 2. The van der Waals surface area contributed by atoms with Crippen LogP contribution in [0.5, 0.6) is 0 Å². The van der Waals surface area contributed by atoms with Crippen LogP contribution in [0.4, 0.5) is 0 Å². The van der Waals surface area contributed by atoms with Gasteiger partial charge in [0, 0.05) is 30.1 Å². The topological polar surface area (TPSA) is 62.5 Å². The van der Waals surface area contributed by atoms with E-state index in [1.807, 2.05) is 38.1 Å². The fraction of sp³-hybridized carbons (Fsp3) is 0.444. The third-order valence-electron chi connectivity index (χ3n) is 4.11. The SMILES string of the molecule is CN=C(NCC(C)c1c(C)noc1C)NC(C)c1ccccc1Cl.I. The van der Waals surface area contributed by atoms with Crippen molar-refractivity contribution in [3.63, 3.8) is 0 Å². The molecule has 0 aliphatic heterocycles. The van der Waals surface area contributed by atoms with Crippen molar-refractivity contribution in [3.8, 4) is 0 Å². The lowest BCUT2D eigenvalue weighted by Gasteiger charge is -2.21. The van der Waals surface area contributed by atoms with Crippen molar-refractivity contribution in [2.75, 3.05) is 13.6 Å². The second-order valence-corrected chi connectivity index (χ2v) is 6.39. The normalized spacial score (nSPS) is 13.8.